The molecule has 0 saturated heterocycles. The summed E-state index contributed by atoms with van der Waals surface area (Å²) in [5.74, 6) is 0.531. The van der Waals surface area contributed by atoms with Gasteiger partial charge in [-0.2, -0.15) is 5.26 Å². The number of amides is 1. The fourth-order valence-corrected chi connectivity index (χ4v) is 2.70. The van der Waals surface area contributed by atoms with Gasteiger partial charge < -0.3 is 4.90 Å². The van der Waals surface area contributed by atoms with Gasteiger partial charge in [0.1, 0.15) is 5.41 Å². The number of nitriles is 1. The van der Waals surface area contributed by atoms with Crippen molar-refractivity contribution in [3.63, 3.8) is 0 Å². The zero-order valence-corrected chi connectivity index (χ0v) is 12.2. The third-order valence-corrected chi connectivity index (χ3v) is 4.04. The second kappa shape index (κ2) is 6.22. The van der Waals surface area contributed by atoms with Crippen molar-refractivity contribution in [3.8, 4) is 6.07 Å². The van der Waals surface area contributed by atoms with Gasteiger partial charge in [0.2, 0.25) is 5.91 Å². The summed E-state index contributed by atoms with van der Waals surface area (Å²) >= 11 is 0. The first-order valence-corrected chi connectivity index (χ1v) is 7.23. The highest BCUT2D eigenvalue weighted by atomic mass is 16.2. The number of rotatable bonds is 6. The molecule has 0 spiro atoms. The lowest BCUT2D eigenvalue weighted by molar-refractivity contribution is -0.146. The molecular weight excluding hydrogens is 224 g/mol. The van der Waals surface area contributed by atoms with Crippen LogP contribution in [0.3, 0.4) is 0 Å². The van der Waals surface area contributed by atoms with Crippen LogP contribution in [0.25, 0.3) is 0 Å². The van der Waals surface area contributed by atoms with E-state index in [0.717, 1.165) is 38.6 Å². The maximum Gasteiger partial charge on any atom is 0.243 e. The molecule has 0 aromatic carbocycles. The van der Waals surface area contributed by atoms with Crippen molar-refractivity contribution in [1.29, 1.82) is 5.26 Å². The Morgan fingerprint density at radius 2 is 1.89 bits per heavy atom. The van der Waals surface area contributed by atoms with Crippen LogP contribution in [0, 0.1) is 22.7 Å². The summed E-state index contributed by atoms with van der Waals surface area (Å²) in [5, 5.41) is 9.32. The lowest BCUT2D eigenvalue weighted by Crippen LogP contribution is -2.52. The van der Waals surface area contributed by atoms with Crippen molar-refractivity contribution in [2.75, 3.05) is 6.54 Å². The minimum absolute atomic E-state index is 0.0821. The molecule has 1 amide bonds. The first-order chi connectivity index (χ1) is 8.50. The Morgan fingerprint density at radius 1 is 1.33 bits per heavy atom. The zero-order valence-electron chi connectivity index (χ0n) is 12.2. The second-order valence-corrected chi connectivity index (χ2v) is 5.87. The van der Waals surface area contributed by atoms with Gasteiger partial charge in [0.15, 0.2) is 0 Å². The molecule has 0 aliphatic heterocycles. The number of hydrogen-bond acceptors (Lipinski definition) is 2. The topological polar surface area (TPSA) is 44.1 Å². The van der Waals surface area contributed by atoms with Crippen molar-refractivity contribution in [2.45, 2.75) is 65.8 Å². The summed E-state index contributed by atoms with van der Waals surface area (Å²) in [6.07, 6.45) is 4.44. The van der Waals surface area contributed by atoms with Crippen molar-refractivity contribution < 1.29 is 4.79 Å². The molecule has 18 heavy (non-hydrogen) atoms. The predicted molar refractivity (Wildman–Crippen MR) is 72.8 cm³/mol. The number of nitrogens with zero attached hydrogens (tertiary/aromatic N) is 2. The quantitative estimate of drug-likeness (QED) is 0.725. The van der Waals surface area contributed by atoms with E-state index in [4.69, 9.17) is 0 Å². The Bertz CT molecular complexity index is 322. The molecule has 0 atom stereocenters. The van der Waals surface area contributed by atoms with Crippen LogP contribution in [0.1, 0.15) is 59.8 Å². The standard InChI is InChI=1S/C15H26N2O/c1-5-13(6-2)17(10-12(3)4)14(18)15(11-16)8-7-9-15/h12-13H,5-10H2,1-4H3. The van der Waals surface area contributed by atoms with E-state index in [1.54, 1.807) is 0 Å². The first kappa shape index (κ1) is 15.0. The summed E-state index contributed by atoms with van der Waals surface area (Å²) in [6.45, 7) is 9.27. The highest BCUT2D eigenvalue weighted by Crippen LogP contribution is 2.42. The zero-order chi connectivity index (χ0) is 13.8. The number of carbonyl (C=O) groups excluding carboxylic acids is 1. The molecule has 1 aliphatic carbocycles. The summed E-state index contributed by atoms with van der Waals surface area (Å²) in [7, 11) is 0. The summed E-state index contributed by atoms with van der Waals surface area (Å²) in [4.78, 5) is 14.7. The molecule has 1 saturated carbocycles. The van der Waals surface area contributed by atoms with Crippen molar-refractivity contribution in [1.82, 2.24) is 4.90 Å². The Balaban J connectivity index is 2.88. The molecule has 0 heterocycles. The van der Waals surface area contributed by atoms with Gasteiger partial charge >= 0.3 is 0 Å². The van der Waals surface area contributed by atoms with Crippen molar-refractivity contribution >= 4 is 5.91 Å². The smallest absolute Gasteiger partial charge is 0.243 e. The highest BCUT2D eigenvalue weighted by Gasteiger charge is 2.47. The van der Waals surface area contributed by atoms with Gasteiger partial charge in [-0.25, -0.2) is 0 Å². The van der Waals surface area contributed by atoms with Crippen LogP contribution in [0.5, 0.6) is 0 Å². The molecular formula is C15H26N2O. The molecule has 0 N–H and O–H groups in total. The van der Waals surface area contributed by atoms with E-state index in [1.807, 2.05) is 4.90 Å². The van der Waals surface area contributed by atoms with Gasteiger partial charge in [0.05, 0.1) is 6.07 Å². The molecule has 0 radical (unpaired) electrons. The normalized spacial score (nSPS) is 17.4. The molecule has 1 rings (SSSR count). The van der Waals surface area contributed by atoms with Crippen LogP contribution in [0.15, 0.2) is 0 Å². The van der Waals surface area contributed by atoms with Crippen LogP contribution in [-0.4, -0.2) is 23.4 Å². The summed E-state index contributed by atoms with van der Waals surface area (Å²) < 4.78 is 0. The van der Waals surface area contributed by atoms with E-state index in [-0.39, 0.29) is 11.9 Å². The maximum atomic E-state index is 12.7. The monoisotopic (exact) mass is 250 g/mol. The van der Waals surface area contributed by atoms with Crippen LogP contribution in [-0.2, 0) is 4.79 Å². The van der Waals surface area contributed by atoms with Crippen LogP contribution in [0.2, 0.25) is 0 Å². The molecule has 0 aromatic rings. The van der Waals surface area contributed by atoms with Crippen LogP contribution >= 0.6 is 0 Å². The third-order valence-electron chi connectivity index (χ3n) is 4.04. The van der Waals surface area contributed by atoms with Gasteiger partial charge in [-0.15, -0.1) is 0 Å². The average molecular weight is 250 g/mol. The largest absolute Gasteiger partial charge is 0.338 e. The first-order valence-electron chi connectivity index (χ1n) is 7.23. The molecule has 0 unspecified atom stereocenters. The van der Waals surface area contributed by atoms with Gasteiger partial charge in [0.25, 0.3) is 0 Å². The van der Waals surface area contributed by atoms with Crippen molar-refractivity contribution in [3.05, 3.63) is 0 Å². The van der Waals surface area contributed by atoms with E-state index in [1.165, 1.54) is 0 Å². The fraction of sp³-hybridized carbons (Fsp3) is 0.867. The van der Waals surface area contributed by atoms with Crippen LogP contribution in [0.4, 0.5) is 0 Å². The lowest BCUT2D eigenvalue weighted by atomic mass is 9.68. The summed E-state index contributed by atoms with van der Waals surface area (Å²) in [5.41, 5.74) is -0.697. The van der Waals surface area contributed by atoms with Crippen LogP contribution < -0.4 is 0 Å². The van der Waals surface area contributed by atoms with E-state index < -0.39 is 5.41 Å². The minimum atomic E-state index is -0.697. The van der Waals surface area contributed by atoms with Gasteiger partial charge in [-0.1, -0.05) is 27.7 Å². The molecule has 1 aliphatic rings. The maximum absolute atomic E-state index is 12.7. The number of carbonyl (C=O) groups is 1. The molecule has 0 bridgehead atoms. The Kier molecular flexibility index (Phi) is 5.19. The highest BCUT2D eigenvalue weighted by molar-refractivity contribution is 5.86. The van der Waals surface area contributed by atoms with E-state index in [0.29, 0.717) is 5.92 Å². The van der Waals surface area contributed by atoms with E-state index in [9.17, 15) is 10.1 Å². The SMILES string of the molecule is CCC(CC)N(CC(C)C)C(=O)C1(C#N)CCC1. The van der Waals surface area contributed by atoms with E-state index in [2.05, 4.69) is 33.8 Å². The predicted octanol–water partition coefficient (Wildman–Crippen LogP) is 3.35. The molecule has 1 fully saturated rings. The molecule has 3 nitrogen and oxygen atoms in total. The van der Waals surface area contributed by atoms with Gasteiger partial charge in [-0.3, -0.25) is 4.79 Å². The molecule has 102 valence electrons. The second-order valence-electron chi connectivity index (χ2n) is 5.87. The Labute approximate surface area is 111 Å². The lowest BCUT2D eigenvalue weighted by Gasteiger charge is -2.41. The van der Waals surface area contributed by atoms with E-state index >= 15 is 0 Å². The third kappa shape index (κ3) is 2.85. The molecule has 3 heteroatoms. The van der Waals surface area contributed by atoms with Gasteiger partial charge in [-0.05, 0) is 38.0 Å². The average Bonchev–Trinajstić information content (AvgIpc) is 2.28. The Morgan fingerprint density at radius 3 is 2.17 bits per heavy atom. The number of hydrogen-bond donors (Lipinski definition) is 0. The molecule has 0 aromatic heterocycles. The van der Waals surface area contributed by atoms with Crippen molar-refractivity contribution in [2.24, 2.45) is 11.3 Å². The Hall–Kier alpha value is -1.04. The minimum Gasteiger partial charge on any atom is -0.338 e. The summed E-state index contributed by atoms with van der Waals surface area (Å²) in [6, 6.07) is 2.56. The van der Waals surface area contributed by atoms with Gasteiger partial charge in [0, 0.05) is 12.6 Å². The fourth-order valence-electron chi connectivity index (χ4n) is 2.70.